The first-order valence-corrected chi connectivity index (χ1v) is 24.2. The summed E-state index contributed by atoms with van der Waals surface area (Å²) in [6.45, 7) is 8.16. The van der Waals surface area contributed by atoms with Gasteiger partial charge >= 0.3 is 12.2 Å². The number of nitrogens with one attached hydrogen (secondary N) is 4. The van der Waals surface area contributed by atoms with E-state index in [4.69, 9.17) is 19.4 Å². The van der Waals surface area contributed by atoms with Crippen molar-refractivity contribution >= 4 is 53.9 Å². The van der Waals surface area contributed by atoms with E-state index in [2.05, 4.69) is 20.6 Å². The van der Waals surface area contributed by atoms with E-state index in [-0.39, 0.29) is 41.6 Å². The zero-order valence-electron chi connectivity index (χ0n) is 35.6. The number of aromatic nitrogens is 4. The lowest BCUT2D eigenvalue weighted by atomic mass is 9.98. The summed E-state index contributed by atoms with van der Waals surface area (Å²) < 4.78 is 25.7. The molecule has 5 aromatic rings. The van der Waals surface area contributed by atoms with E-state index < -0.39 is 32.3 Å². The molecule has 0 aliphatic carbocycles. The monoisotopic (exact) mass is 850 g/mol. The Labute approximate surface area is 355 Å². The van der Waals surface area contributed by atoms with Crippen molar-refractivity contribution in [2.75, 3.05) is 26.9 Å². The molecule has 3 saturated heterocycles. The number of methoxy groups -OCH3 is 2. The molecule has 0 bridgehead atoms. The van der Waals surface area contributed by atoms with Gasteiger partial charge in [-0.2, -0.15) is 0 Å². The maximum absolute atomic E-state index is 16.1. The molecule has 3 fully saturated rings. The quantitative estimate of drug-likeness (QED) is 0.102. The highest BCUT2D eigenvalue weighted by Gasteiger charge is 2.51. The van der Waals surface area contributed by atoms with Crippen LogP contribution in [0.25, 0.3) is 44.2 Å². The summed E-state index contributed by atoms with van der Waals surface area (Å²) in [5.74, 6) is 0.402. The fraction of sp³-hybridized carbons (Fsp3) is 0.467. The van der Waals surface area contributed by atoms with Crippen molar-refractivity contribution in [3.63, 3.8) is 0 Å². The van der Waals surface area contributed by atoms with E-state index in [1.165, 1.54) is 45.2 Å². The van der Waals surface area contributed by atoms with Crippen LogP contribution < -0.4 is 10.6 Å². The first kappa shape index (κ1) is 41.9. The molecule has 0 saturated carbocycles. The van der Waals surface area contributed by atoms with E-state index in [9.17, 15) is 19.2 Å². The van der Waals surface area contributed by atoms with Crippen LogP contribution in [0, 0.1) is 17.7 Å². The number of nitrogens with zero attached hydrogens (tertiary/aromatic N) is 4. The van der Waals surface area contributed by atoms with Crippen LogP contribution in [0.3, 0.4) is 0 Å². The molecule has 16 heteroatoms. The minimum Gasteiger partial charge on any atom is -0.453 e. The number of ether oxygens (including phenoxy) is 2. The SMILES string of the molecule is COC(=O)N[C@H](C(=O)N1C[Si]2(CCCC2)C[C@H]1c1ncc(-c2ccc(-c3ccc4c(ccc5[nH]c([C@@H]6CCCN6C(=O)[C@@H](NC(=O)OC)C(C)C)nc54)c3)c(F)c2)[nH]1)C(C)C. The summed E-state index contributed by atoms with van der Waals surface area (Å²) >= 11 is 0. The molecule has 8 rings (SSSR count). The highest BCUT2D eigenvalue weighted by molar-refractivity contribution is 6.81. The number of alkyl carbamates (subject to hydrolysis) is 2. The number of likely N-dealkylation sites (tertiary alicyclic amines) is 1. The number of aromatic amines is 2. The van der Waals surface area contributed by atoms with Crippen molar-refractivity contribution in [2.45, 2.75) is 95.7 Å². The number of imidazole rings is 2. The standard InChI is InChI=1S/C45H55FN8O6Si/c1-25(2)37(51-44(57)59-5)42(55)53-17-9-10-35(53)41-48-33-16-13-28-20-27(11-15-31(28)39(33)50-41)30-14-12-29(21-32(30)46)34-22-47-40(49-34)36-23-61(18-7-8-19-61)24-54(36)43(56)38(26(3)4)52-45(58)60-6/h11-16,20-22,25-26,35-38H,7-10,17-19,23-24H2,1-6H3,(H,47,49)(H,48,50)(H,51,57)(H,52,58)/t35-,36-,37-,38-/m0/s1. The molecule has 4 amide bonds. The molecule has 14 nitrogen and oxygen atoms in total. The molecule has 3 aliphatic heterocycles. The van der Waals surface area contributed by atoms with E-state index in [1.54, 1.807) is 17.2 Å². The Kier molecular flexibility index (Phi) is 11.6. The van der Waals surface area contributed by atoms with Crippen molar-refractivity contribution in [1.29, 1.82) is 0 Å². The van der Waals surface area contributed by atoms with Gasteiger partial charge in [0, 0.05) is 29.2 Å². The second kappa shape index (κ2) is 16.9. The highest BCUT2D eigenvalue weighted by Crippen LogP contribution is 2.46. The molecule has 61 heavy (non-hydrogen) atoms. The zero-order chi connectivity index (χ0) is 43.2. The molecule has 5 heterocycles. The Morgan fingerprint density at radius 2 is 1.48 bits per heavy atom. The van der Waals surface area contributed by atoms with Gasteiger partial charge in [0.15, 0.2) is 0 Å². The minimum absolute atomic E-state index is 0.127. The largest absolute Gasteiger partial charge is 0.453 e. The van der Waals surface area contributed by atoms with Crippen LogP contribution in [0.15, 0.2) is 54.7 Å². The Balaban J connectivity index is 1.02. The van der Waals surface area contributed by atoms with E-state index >= 15 is 4.39 Å². The second-order valence-corrected chi connectivity index (χ2v) is 22.4. The van der Waals surface area contributed by atoms with Gasteiger partial charge in [-0.05, 0) is 59.9 Å². The summed E-state index contributed by atoms with van der Waals surface area (Å²) in [6, 6.07) is 16.2. The van der Waals surface area contributed by atoms with E-state index in [1.807, 2.05) is 69.0 Å². The summed E-state index contributed by atoms with van der Waals surface area (Å²) in [6.07, 6.45) is 5.07. The van der Waals surface area contributed by atoms with Crippen LogP contribution in [0.5, 0.6) is 0 Å². The first-order valence-electron chi connectivity index (χ1n) is 21.4. The lowest BCUT2D eigenvalue weighted by molar-refractivity contribution is -0.136. The number of carbonyl (C=O) groups is 4. The normalized spacial score (nSPS) is 19.6. The molecular formula is C45H55FN8O6Si. The van der Waals surface area contributed by atoms with Crippen molar-refractivity contribution in [1.82, 2.24) is 40.4 Å². The number of hydrogen-bond donors (Lipinski definition) is 4. The highest BCUT2D eigenvalue weighted by atomic mass is 28.3. The third kappa shape index (κ3) is 8.09. The number of halogens is 1. The van der Waals surface area contributed by atoms with E-state index in [0.717, 1.165) is 52.4 Å². The Hall–Kier alpha value is -5.77. The molecule has 4 atom stereocenters. The van der Waals surface area contributed by atoms with Gasteiger partial charge in [0.1, 0.15) is 29.5 Å². The van der Waals surface area contributed by atoms with Crippen molar-refractivity contribution in [3.05, 3.63) is 72.2 Å². The predicted molar refractivity (Wildman–Crippen MR) is 232 cm³/mol. The lowest BCUT2D eigenvalue weighted by Crippen LogP contribution is -2.52. The van der Waals surface area contributed by atoms with E-state index in [0.29, 0.717) is 35.0 Å². The Morgan fingerprint density at radius 1 is 0.803 bits per heavy atom. The Morgan fingerprint density at radius 3 is 2.13 bits per heavy atom. The van der Waals surface area contributed by atoms with Crippen LogP contribution >= 0.6 is 0 Å². The fourth-order valence-corrected chi connectivity index (χ4v) is 15.2. The van der Waals surface area contributed by atoms with Gasteiger partial charge in [0.2, 0.25) is 11.8 Å². The van der Waals surface area contributed by atoms with Crippen LogP contribution in [-0.2, 0) is 19.1 Å². The molecule has 322 valence electrons. The Bertz CT molecular complexity index is 2480. The summed E-state index contributed by atoms with van der Waals surface area (Å²) in [7, 11) is 0.825. The second-order valence-electron chi connectivity index (χ2n) is 17.7. The van der Waals surface area contributed by atoms with Crippen LogP contribution in [0.1, 0.15) is 77.1 Å². The van der Waals surface area contributed by atoms with Gasteiger partial charge in [-0.25, -0.2) is 23.9 Å². The summed E-state index contributed by atoms with van der Waals surface area (Å²) in [5, 5.41) is 7.25. The van der Waals surface area contributed by atoms with Crippen molar-refractivity contribution in [3.8, 4) is 22.4 Å². The maximum atomic E-state index is 16.1. The third-order valence-electron chi connectivity index (χ3n) is 13.1. The van der Waals surface area contributed by atoms with Crippen molar-refractivity contribution in [2.24, 2.45) is 11.8 Å². The minimum atomic E-state index is -1.75. The number of carbonyl (C=O) groups excluding carboxylic acids is 4. The van der Waals surface area contributed by atoms with Crippen LogP contribution in [0.4, 0.5) is 14.0 Å². The molecule has 0 unspecified atom stereocenters. The average molecular weight is 851 g/mol. The average Bonchev–Trinajstić information content (AvgIpc) is 4.11. The third-order valence-corrected chi connectivity index (χ3v) is 18.2. The number of fused-ring (bicyclic) bond motifs is 3. The van der Waals surface area contributed by atoms with Gasteiger partial charge in [-0.3, -0.25) is 9.59 Å². The molecule has 4 N–H and O–H groups in total. The number of amides is 4. The molecule has 3 aromatic carbocycles. The molecular weight excluding hydrogens is 796 g/mol. The lowest BCUT2D eigenvalue weighted by Gasteiger charge is -2.30. The van der Waals surface area contributed by atoms with Gasteiger partial charge in [0.05, 0.1) is 57.3 Å². The summed E-state index contributed by atoms with van der Waals surface area (Å²) in [5.41, 5.74) is 4.07. The number of H-pyrrole nitrogens is 2. The fourth-order valence-electron chi connectivity index (χ4n) is 9.81. The molecule has 3 aliphatic rings. The molecule has 2 aromatic heterocycles. The first-order chi connectivity index (χ1) is 29.3. The van der Waals surface area contributed by atoms with Gasteiger partial charge in [0.25, 0.3) is 0 Å². The van der Waals surface area contributed by atoms with Crippen molar-refractivity contribution < 1.29 is 33.0 Å². The van der Waals surface area contributed by atoms with Gasteiger partial charge < -0.3 is 39.9 Å². The molecule has 1 spiro atoms. The molecule has 0 radical (unpaired) electrons. The van der Waals surface area contributed by atoms with Crippen LogP contribution in [-0.4, -0.2) is 101 Å². The summed E-state index contributed by atoms with van der Waals surface area (Å²) in [4.78, 5) is 72.5. The van der Waals surface area contributed by atoms with Crippen LogP contribution in [0.2, 0.25) is 18.1 Å². The zero-order valence-corrected chi connectivity index (χ0v) is 36.6. The number of benzene rings is 3. The van der Waals surface area contributed by atoms with Gasteiger partial charge in [-0.15, -0.1) is 0 Å². The van der Waals surface area contributed by atoms with Gasteiger partial charge in [-0.1, -0.05) is 83.0 Å². The topological polar surface area (TPSA) is 175 Å². The number of rotatable bonds is 10. The smallest absolute Gasteiger partial charge is 0.407 e. The number of hydrogen-bond acceptors (Lipinski definition) is 8. The maximum Gasteiger partial charge on any atom is 0.407 e. The predicted octanol–water partition coefficient (Wildman–Crippen LogP) is 8.00.